The monoisotopic (exact) mass is 306 g/mol. The van der Waals surface area contributed by atoms with Gasteiger partial charge in [0, 0.05) is 0 Å². The molecule has 2 rings (SSSR count). The molecule has 0 saturated carbocycles. The number of rotatable bonds is 1. The Labute approximate surface area is 101 Å². The maximum absolute atomic E-state index is 5.42. The van der Waals surface area contributed by atoms with Crippen LogP contribution in [0, 0.1) is 6.07 Å². The molecule has 14 heavy (non-hydrogen) atoms. The molecule has 0 bridgehead atoms. The molecule has 0 atom stereocenters. The van der Waals surface area contributed by atoms with Crippen LogP contribution >= 0.6 is 13.6 Å². The molecule has 1 fully saturated rings. The van der Waals surface area contributed by atoms with Crippen LogP contribution in [0.3, 0.4) is 0 Å². The van der Waals surface area contributed by atoms with E-state index < -0.39 is 0 Å². The molecule has 72 valence electrons. The SMILES string of the molecule is [Zn+][Br].[c-]1cccc(C2OCCCO2)c1. The smallest absolute Gasteiger partial charge is 0.138 e. The van der Waals surface area contributed by atoms with Gasteiger partial charge in [-0.05, 0) is 6.42 Å². The summed E-state index contributed by atoms with van der Waals surface area (Å²) < 4.78 is 10.8. The topological polar surface area (TPSA) is 18.5 Å². The molecule has 1 aliphatic rings. The van der Waals surface area contributed by atoms with Crippen molar-refractivity contribution in [3.05, 3.63) is 35.9 Å². The molecule has 0 amide bonds. The second kappa shape index (κ2) is 7.52. The molecule has 0 aromatic heterocycles. The molecule has 0 aliphatic carbocycles. The Morgan fingerprint density at radius 2 is 2.07 bits per heavy atom. The van der Waals surface area contributed by atoms with Gasteiger partial charge in [0.05, 0.1) is 13.2 Å². The number of benzene rings is 1. The van der Waals surface area contributed by atoms with Gasteiger partial charge in [0.25, 0.3) is 0 Å². The maximum atomic E-state index is 5.42. The first-order valence-electron chi connectivity index (χ1n) is 4.43. The molecule has 1 aromatic rings. The van der Waals surface area contributed by atoms with E-state index >= 15 is 0 Å². The van der Waals surface area contributed by atoms with Gasteiger partial charge in [-0.25, -0.2) is 0 Å². The third-order valence-corrected chi connectivity index (χ3v) is 1.83. The maximum Gasteiger partial charge on any atom is 0.138 e. The van der Waals surface area contributed by atoms with Crippen LogP contribution in [0.25, 0.3) is 0 Å². The third kappa shape index (κ3) is 3.78. The van der Waals surface area contributed by atoms with Gasteiger partial charge in [-0.1, -0.05) is 0 Å². The first-order chi connectivity index (χ1) is 6.97. The molecule has 2 nitrogen and oxygen atoms in total. The summed E-state index contributed by atoms with van der Waals surface area (Å²) in [5.74, 6) is 0. The van der Waals surface area contributed by atoms with Crippen molar-refractivity contribution in [3.8, 4) is 0 Å². The van der Waals surface area contributed by atoms with Gasteiger partial charge < -0.3 is 9.47 Å². The van der Waals surface area contributed by atoms with Crippen molar-refractivity contribution in [1.29, 1.82) is 0 Å². The Kier molecular flexibility index (Phi) is 6.62. The minimum atomic E-state index is -0.170. The molecule has 1 heterocycles. The summed E-state index contributed by atoms with van der Waals surface area (Å²) in [7, 11) is 0. The molecule has 0 spiro atoms. The molecule has 0 N–H and O–H groups in total. The first-order valence-corrected chi connectivity index (χ1v) is 11.4. The number of ether oxygens (including phenoxy) is 2. The average Bonchev–Trinajstić information content (AvgIpc) is 2.34. The Morgan fingerprint density at radius 3 is 2.64 bits per heavy atom. The minimum absolute atomic E-state index is 0.170. The summed E-state index contributed by atoms with van der Waals surface area (Å²) in [5.41, 5.74) is 1.05. The van der Waals surface area contributed by atoms with E-state index in [9.17, 15) is 0 Å². The van der Waals surface area contributed by atoms with Gasteiger partial charge >= 0.3 is 30.0 Å². The standard InChI is InChI=1S/C10H11O2.BrH.Zn/c1-2-5-9(6-3-1)10-11-7-4-8-12-10;;/h1-2,5-6,10H,4,7-8H2;1H;/q-1;;+2/p-1. The van der Waals surface area contributed by atoms with Crippen LogP contribution in [0.2, 0.25) is 0 Å². The zero-order chi connectivity index (χ0) is 10.2. The van der Waals surface area contributed by atoms with Crippen LogP contribution in [0.1, 0.15) is 18.3 Å². The van der Waals surface area contributed by atoms with E-state index in [-0.39, 0.29) is 6.29 Å². The fraction of sp³-hybridized carbons (Fsp3) is 0.400. The molecule has 1 aromatic carbocycles. The normalized spacial score (nSPS) is 17.1. The molecular formula is C10H11BrO2Zn. The summed E-state index contributed by atoms with van der Waals surface area (Å²) in [5, 5.41) is 0. The molecule has 0 radical (unpaired) electrons. The summed E-state index contributed by atoms with van der Waals surface area (Å²) in [6.45, 7) is 1.58. The summed E-state index contributed by atoms with van der Waals surface area (Å²) in [6, 6.07) is 10.7. The average molecular weight is 308 g/mol. The molecular weight excluding hydrogens is 297 g/mol. The van der Waals surface area contributed by atoms with E-state index in [0.717, 1.165) is 25.2 Å². The zero-order valence-electron chi connectivity index (χ0n) is 7.91. The van der Waals surface area contributed by atoms with Crippen molar-refractivity contribution in [2.75, 3.05) is 13.2 Å². The van der Waals surface area contributed by atoms with Gasteiger partial charge in [0.15, 0.2) is 0 Å². The summed E-state index contributed by atoms with van der Waals surface area (Å²) >= 11 is 4.25. The first kappa shape index (κ1) is 12.3. The molecule has 4 heteroatoms. The van der Waals surface area contributed by atoms with Gasteiger partial charge in [0.1, 0.15) is 6.29 Å². The summed E-state index contributed by atoms with van der Waals surface area (Å²) in [4.78, 5) is 0. The van der Waals surface area contributed by atoms with Crippen LogP contribution in [0.4, 0.5) is 0 Å². The second-order valence-electron chi connectivity index (χ2n) is 2.76. The molecule has 0 unspecified atom stereocenters. The van der Waals surface area contributed by atoms with E-state index in [1.807, 2.05) is 24.3 Å². The third-order valence-electron chi connectivity index (χ3n) is 1.83. The van der Waals surface area contributed by atoms with Crippen molar-refractivity contribution >= 4 is 13.6 Å². The van der Waals surface area contributed by atoms with E-state index in [2.05, 4.69) is 19.7 Å². The van der Waals surface area contributed by atoms with Crippen molar-refractivity contribution in [1.82, 2.24) is 0 Å². The van der Waals surface area contributed by atoms with Gasteiger partial charge in [-0.15, -0.1) is 5.56 Å². The quantitative estimate of drug-likeness (QED) is 0.587. The summed E-state index contributed by atoms with van der Waals surface area (Å²) in [6.07, 6.45) is 0.823. The van der Waals surface area contributed by atoms with Crippen LogP contribution in [0.15, 0.2) is 24.3 Å². The Bertz CT molecular complexity index is 237. The van der Waals surface area contributed by atoms with Crippen LogP contribution in [-0.4, -0.2) is 13.2 Å². The van der Waals surface area contributed by atoms with Crippen LogP contribution < -0.4 is 0 Å². The predicted octanol–water partition coefficient (Wildman–Crippen LogP) is 2.77. The number of hydrogen-bond acceptors (Lipinski definition) is 2. The Morgan fingerprint density at radius 1 is 1.36 bits per heavy atom. The van der Waals surface area contributed by atoms with E-state index in [1.54, 1.807) is 0 Å². The predicted molar refractivity (Wildman–Crippen MR) is 53.5 cm³/mol. The van der Waals surface area contributed by atoms with E-state index in [0.29, 0.717) is 0 Å². The Balaban J connectivity index is 0.000000461. The van der Waals surface area contributed by atoms with Crippen LogP contribution in [0.5, 0.6) is 0 Å². The van der Waals surface area contributed by atoms with Crippen molar-refractivity contribution < 1.29 is 25.8 Å². The molecule has 1 saturated heterocycles. The molecule has 1 aliphatic heterocycles. The van der Waals surface area contributed by atoms with Gasteiger partial charge in [0.2, 0.25) is 0 Å². The largest absolute Gasteiger partial charge is 0.359 e. The number of halogens is 1. The van der Waals surface area contributed by atoms with Crippen molar-refractivity contribution in [2.24, 2.45) is 0 Å². The fourth-order valence-corrected chi connectivity index (χ4v) is 1.23. The minimum Gasteiger partial charge on any atom is -0.359 e. The van der Waals surface area contributed by atoms with Crippen molar-refractivity contribution in [2.45, 2.75) is 12.7 Å². The fourth-order valence-electron chi connectivity index (χ4n) is 1.23. The number of hydrogen-bond donors (Lipinski definition) is 0. The Hall–Kier alpha value is 0.243. The second-order valence-corrected chi connectivity index (χ2v) is 2.76. The van der Waals surface area contributed by atoms with Crippen LogP contribution in [-0.2, 0) is 25.8 Å². The van der Waals surface area contributed by atoms with Crippen molar-refractivity contribution in [3.63, 3.8) is 0 Å². The van der Waals surface area contributed by atoms with E-state index in [1.165, 1.54) is 16.3 Å². The van der Waals surface area contributed by atoms with Gasteiger partial charge in [-0.3, -0.25) is 0 Å². The zero-order valence-corrected chi connectivity index (χ0v) is 12.5. The van der Waals surface area contributed by atoms with Gasteiger partial charge in [-0.2, -0.15) is 30.3 Å². The van der Waals surface area contributed by atoms with E-state index in [4.69, 9.17) is 9.47 Å².